The Morgan fingerprint density at radius 1 is 1.00 bits per heavy atom. The summed E-state index contributed by atoms with van der Waals surface area (Å²) < 4.78 is 7.93. The summed E-state index contributed by atoms with van der Waals surface area (Å²) in [5, 5.41) is 3.01. The summed E-state index contributed by atoms with van der Waals surface area (Å²) in [6, 6.07) is 17.6. The van der Waals surface area contributed by atoms with E-state index >= 15 is 0 Å². The molecule has 0 saturated carbocycles. The van der Waals surface area contributed by atoms with Gasteiger partial charge < -0.3 is 14.5 Å². The number of anilines is 1. The number of carbonyl (C=O) groups is 1. The Balaban J connectivity index is 1.58. The molecule has 152 valence electrons. The molecule has 4 aromatic rings. The Hall–Kier alpha value is -3.60. The molecule has 1 unspecified atom stereocenters. The molecule has 2 aromatic heterocycles. The van der Waals surface area contributed by atoms with Crippen LogP contribution < -0.4 is 10.1 Å². The first-order valence-corrected chi connectivity index (χ1v) is 10.0. The minimum atomic E-state index is -0.637. The molecule has 0 aliphatic carbocycles. The van der Waals surface area contributed by atoms with E-state index < -0.39 is 6.10 Å². The molecule has 5 nitrogen and oxygen atoms in total. The third kappa shape index (κ3) is 3.79. The molecule has 5 heteroatoms. The second-order valence-corrected chi connectivity index (χ2v) is 7.54. The number of carbonyl (C=O) groups excluding carboxylic acids is 1. The van der Waals surface area contributed by atoms with E-state index in [1.165, 1.54) is 0 Å². The maximum Gasteiger partial charge on any atom is 0.265 e. The summed E-state index contributed by atoms with van der Waals surface area (Å²) in [6.07, 6.45) is 3.31. The average molecular weight is 399 g/mol. The largest absolute Gasteiger partial charge is 0.481 e. The lowest BCUT2D eigenvalue weighted by Gasteiger charge is -2.18. The minimum Gasteiger partial charge on any atom is -0.481 e. The van der Waals surface area contributed by atoms with Crippen molar-refractivity contribution in [1.82, 2.24) is 9.38 Å². The Morgan fingerprint density at radius 3 is 2.57 bits per heavy atom. The van der Waals surface area contributed by atoms with Crippen molar-refractivity contribution in [2.24, 2.45) is 0 Å². The van der Waals surface area contributed by atoms with E-state index in [9.17, 15) is 4.79 Å². The van der Waals surface area contributed by atoms with Crippen LogP contribution in [0.15, 0.2) is 67.0 Å². The fraction of sp³-hybridized carbons (Fsp3) is 0.200. The average Bonchev–Trinajstić information content (AvgIpc) is 3.17. The lowest BCUT2D eigenvalue weighted by Crippen LogP contribution is -2.30. The Labute approximate surface area is 176 Å². The molecule has 30 heavy (non-hydrogen) atoms. The number of nitrogens with one attached hydrogen (secondary N) is 1. The number of nitrogens with zero attached hydrogens (tertiary/aromatic N) is 2. The van der Waals surface area contributed by atoms with Crippen molar-refractivity contribution in [3.05, 3.63) is 83.7 Å². The number of para-hydroxylation sites is 1. The van der Waals surface area contributed by atoms with Gasteiger partial charge in [-0.15, -0.1) is 0 Å². The molecule has 0 spiro atoms. The van der Waals surface area contributed by atoms with Gasteiger partial charge in [0.25, 0.3) is 5.91 Å². The van der Waals surface area contributed by atoms with Crippen molar-refractivity contribution in [2.45, 2.75) is 33.8 Å². The number of hydrogen-bond donors (Lipinski definition) is 1. The molecule has 0 aliphatic rings. The second-order valence-electron chi connectivity index (χ2n) is 7.54. The van der Waals surface area contributed by atoms with E-state index in [1.54, 1.807) is 6.92 Å². The molecule has 4 rings (SSSR count). The number of aromatic nitrogens is 2. The molecule has 1 amide bonds. The summed E-state index contributed by atoms with van der Waals surface area (Å²) in [5.74, 6) is 0.519. The molecule has 2 aromatic carbocycles. The van der Waals surface area contributed by atoms with Crippen LogP contribution in [-0.4, -0.2) is 21.4 Å². The number of hydrogen-bond acceptors (Lipinski definition) is 3. The first-order valence-electron chi connectivity index (χ1n) is 10.0. The van der Waals surface area contributed by atoms with Gasteiger partial charge in [-0.2, -0.15) is 0 Å². The fourth-order valence-corrected chi connectivity index (χ4v) is 3.43. The van der Waals surface area contributed by atoms with Crippen LogP contribution in [0.5, 0.6) is 5.75 Å². The lowest BCUT2D eigenvalue weighted by atomic mass is 10.1. The van der Waals surface area contributed by atoms with Crippen LogP contribution in [0, 0.1) is 20.8 Å². The minimum absolute atomic E-state index is 0.205. The molecule has 1 N–H and O–H groups in total. The highest BCUT2D eigenvalue weighted by Crippen LogP contribution is 2.28. The van der Waals surface area contributed by atoms with Crippen molar-refractivity contribution in [3.8, 4) is 17.0 Å². The number of rotatable bonds is 5. The molecule has 0 fully saturated rings. The number of amides is 1. The Bertz CT molecular complexity index is 1230. The first-order chi connectivity index (χ1) is 14.4. The van der Waals surface area contributed by atoms with Crippen LogP contribution in [0.4, 0.5) is 5.69 Å². The predicted molar refractivity (Wildman–Crippen MR) is 120 cm³/mol. The number of aryl methyl sites for hydroxylation is 2. The highest BCUT2D eigenvalue weighted by molar-refractivity contribution is 5.97. The zero-order valence-electron chi connectivity index (χ0n) is 17.6. The van der Waals surface area contributed by atoms with Crippen LogP contribution in [0.3, 0.4) is 0 Å². The van der Waals surface area contributed by atoms with Crippen LogP contribution in [0.25, 0.3) is 16.9 Å². The van der Waals surface area contributed by atoms with Gasteiger partial charge in [-0.25, -0.2) is 4.98 Å². The topological polar surface area (TPSA) is 55.6 Å². The summed E-state index contributed by atoms with van der Waals surface area (Å²) in [7, 11) is 0. The van der Waals surface area contributed by atoms with Crippen LogP contribution in [0.2, 0.25) is 0 Å². The van der Waals surface area contributed by atoms with Crippen LogP contribution in [-0.2, 0) is 4.79 Å². The number of ether oxygens (including phenoxy) is 1. The lowest BCUT2D eigenvalue weighted by molar-refractivity contribution is -0.122. The van der Waals surface area contributed by atoms with E-state index in [4.69, 9.17) is 9.72 Å². The second kappa shape index (κ2) is 8.03. The summed E-state index contributed by atoms with van der Waals surface area (Å²) in [5.41, 5.74) is 6.56. The van der Waals surface area contributed by atoms with Gasteiger partial charge >= 0.3 is 0 Å². The van der Waals surface area contributed by atoms with E-state index in [0.29, 0.717) is 5.69 Å². The van der Waals surface area contributed by atoms with Gasteiger partial charge in [0.15, 0.2) is 6.10 Å². The van der Waals surface area contributed by atoms with Crippen molar-refractivity contribution in [2.75, 3.05) is 5.32 Å². The number of imidazole rings is 1. The molecular weight excluding hydrogens is 374 g/mol. The van der Waals surface area contributed by atoms with Gasteiger partial charge in [0.05, 0.1) is 11.4 Å². The van der Waals surface area contributed by atoms with E-state index in [1.807, 2.05) is 92.2 Å². The third-order valence-electron chi connectivity index (χ3n) is 5.37. The molecule has 2 heterocycles. The quantitative estimate of drug-likeness (QED) is 0.493. The molecule has 0 aliphatic heterocycles. The first kappa shape index (κ1) is 19.7. The molecule has 0 bridgehead atoms. The highest BCUT2D eigenvalue weighted by atomic mass is 16.5. The maximum absolute atomic E-state index is 12.9. The summed E-state index contributed by atoms with van der Waals surface area (Å²) >= 11 is 0. The smallest absolute Gasteiger partial charge is 0.265 e. The van der Waals surface area contributed by atoms with Gasteiger partial charge in [-0.1, -0.05) is 36.4 Å². The Kier molecular flexibility index (Phi) is 5.27. The normalized spacial score (nSPS) is 12.0. The molecule has 1 atom stereocenters. The van der Waals surface area contributed by atoms with Crippen molar-refractivity contribution in [3.63, 3.8) is 0 Å². The van der Waals surface area contributed by atoms with Crippen molar-refractivity contribution in [1.29, 1.82) is 0 Å². The van der Waals surface area contributed by atoms with E-state index in [2.05, 4.69) is 5.32 Å². The van der Waals surface area contributed by atoms with E-state index in [0.717, 1.165) is 39.3 Å². The molecule has 0 saturated heterocycles. The third-order valence-corrected chi connectivity index (χ3v) is 5.37. The van der Waals surface area contributed by atoms with E-state index in [-0.39, 0.29) is 5.91 Å². The Morgan fingerprint density at radius 2 is 1.77 bits per heavy atom. The molecule has 0 radical (unpaired) electrons. The standard InChI is InChI=1S/C25H25N3O2/c1-16-9-7-13-23(18(16)3)30-19(4)25(29)27-21-12-6-5-11-20(21)22-15-28-14-8-10-17(2)24(28)26-22/h5-15,19H,1-4H3,(H,27,29). The van der Waals surface area contributed by atoms with Crippen molar-refractivity contribution < 1.29 is 9.53 Å². The summed E-state index contributed by atoms with van der Waals surface area (Å²) in [4.78, 5) is 17.6. The number of pyridine rings is 1. The van der Waals surface area contributed by atoms with Gasteiger partial charge in [-0.3, -0.25) is 4.79 Å². The maximum atomic E-state index is 12.9. The monoisotopic (exact) mass is 399 g/mol. The van der Waals surface area contributed by atoms with Gasteiger partial charge in [0.2, 0.25) is 0 Å². The van der Waals surface area contributed by atoms with Crippen LogP contribution in [0.1, 0.15) is 23.6 Å². The number of fused-ring (bicyclic) bond motifs is 1. The fourth-order valence-electron chi connectivity index (χ4n) is 3.43. The van der Waals surface area contributed by atoms with Crippen LogP contribution >= 0.6 is 0 Å². The van der Waals surface area contributed by atoms with Gasteiger partial charge in [0, 0.05) is 18.0 Å². The predicted octanol–water partition coefficient (Wildman–Crippen LogP) is 5.33. The van der Waals surface area contributed by atoms with Gasteiger partial charge in [-0.05, 0) is 62.6 Å². The zero-order chi connectivity index (χ0) is 21.3. The van der Waals surface area contributed by atoms with Crippen molar-refractivity contribution >= 4 is 17.2 Å². The SMILES string of the molecule is Cc1cccc(OC(C)C(=O)Nc2ccccc2-c2cn3cccc(C)c3n2)c1C. The molecular formula is C25H25N3O2. The zero-order valence-corrected chi connectivity index (χ0v) is 17.6. The highest BCUT2D eigenvalue weighted by Gasteiger charge is 2.18. The summed E-state index contributed by atoms with van der Waals surface area (Å²) in [6.45, 7) is 7.82. The number of benzene rings is 2. The van der Waals surface area contributed by atoms with Gasteiger partial charge in [0.1, 0.15) is 11.4 Å².